The molecule has 0 atom stereocenters. The summed E-state index contributed by atoms with van der Waals surface area (Å²) in [7, 11) is 0. The maximum atomic E-state index is 9.34. The highest BCUT2D eigenvalue weighted by molar-refractivity contribution is 9.24. The fourth-order valence-corrected chi connectivity index (χ4v) is 2.58. The summed E-state index contributed by atoms with van der Waals surface area (Å²) in [5, 5.41) is 9.34. The topological polar surface area (TPSA) is 28.1 Å². The molecule has 0 aromatic heterocycles. The average molecular weight is 398 g/mol. The Morgan fingerprint density at radius 3 is 2.20 bits per heavy atom. The molecule has 0 heterocycles. The minimum Gasteiger partial charge on any atom is -0.306 e. The predicted molar refractivity (Wildman–Crippen MR) is 90.1 cm³/mol. The Morgan fingerprint density at radius 1 is 1.20 bits per heavy atom. The van der Waals surface area contributed by atoms with Gasteiger partial charge in [0.15, 0.2) is 0 Å². The Kier molecular flexibility index (Phi) is 5.41. The second-order valence-corrected chi connectivity index (χ2v) is 9.36. The van der Waals surface area contributed by atoms with Crippen LogP contribution in [0.4, 0.5) is 0 Å². The van der Waals surface area contributed by atoms with Crippen molar-refractivity contribution in [3.8, 4) is 6.07 Å². The van der Waals surface area contributed by atoms with Gasteiger partial charge in [0.2, 0.25) is 0 Å². The highest BCUT2D eigenvalue weighted by atomic mass is 79.9. The smallest absolute Gasteiger partial charge is 0.252 e. The van der Waals surface area contributed by atoms with E-state index in [2.05, 4.69) is 54.9 Å². The first kappa shape index (κ1) is 17.2. The van der Waals surface area contributed by atoms with Gasteiger partial charge in [-0.05, 0) is 43.5 Å². The second kappa shape index (κ2) is 6.29. The summed E-state index contributed by atoms with van der Waals surface area (Å²) in [6.45, 7) is 15.0. The highest BCUT2D eigenvalue weighted by Crippen LogP contribution is 2.32. The van der Waals surface area contributed by atoms with Gasteiger partial charge < -0.3 is 4.85 Å². The van der Waals surface area contributed by atoms with Crippen molar-refractivity contribution in [1.29, 1.82) is 5.26 Å². The van der Waals surface area contributed by atoms with Crippen molar-refractivity contribution in [1.82, 2.24) is 0 Å². The van der Waals surface area contributed by atoms with E-state index in [-0.39, 0.29) is 3.74 Å². The molecule has 0 aliphatic rings. The molecule has 0 aliphatic heterocycles. The minimum absolute atomic E-state index is 0.180. The lowest BCUT2D eigenvalue weighted by molar-refractivity contribution is 0.645. The fraction of sp³-hybridized carbons (Fsp3) is 0.500. The molecule has 1 aromatic rings. The molecule has 106 valence electrons. The van der Waals surface area contributed by atoms with Crippen LogP contribution in [0.1, 0.15) is 44.4 Å². The van der Waals surface area contributed by atoms with E-state index < -0.39 is 11.0 Å². The molecular weight excluding hydrogens is 380 g/mol. The van der Waals surface area contributed by atoms with Crippen LogP contribution in [0.2, 0.25) is 0 Å². The van der Waals surface area contributed by atoms with Crippen LogP contribution in [0.15, 0.2) is 18.2 Å². The van der Waals surface area contributed by atoms with Gasteiger partial charge in [-0.1, -0.05) is 37.9 Å². The average Bonchev–Trinajstić information content (AvgIpc) is 2.37. The Morgan fingerprint density at radius 2 is 1.75 bits per heavy atom. The molecule has 1 rings (SSSR count). The first-order valence-electron chi connectivity index (χ1n) is 6.35. The largest absolute Gasteiger partial charge is 0.306 e. The van der Waals surface area contributed by atoms with Gasteiger partial charge in [-0.2, -0.15) is 5.26 Å². The van der Waals surface area contributed by atoms with E-state index in [1.807, 2.05) is 33.8 Å². The molecule has 0 spiro atoms. The summed E-state index contributed by atoms with van der Waals surface area (Å²) >= 11 is 6.97. The van der Waals surface area contributed by atoms with Crippen molar-refractivity contribution < 1.29 is 0 Å². The van der Waals surface area contributed by atoms with Crippen molar-refractivity contribution in [3.63, 3.8) is 0 Å². The van der Waals surface area contributed by atoms with Gasteiger partial charge in [-0.25, -0.2) is 6.57 Å². The molecule has 4 heteroatoms. The molecule has 0 amide bonds. The third kappa shape index (κ3) is 4.08. The van der Waals surface area contributed by atoms with Gasteiger partial charge >= 0.3 is 0 Å². The normalized spacial score (nSPS) is 12.1. The van der Waals surface area contributed by atoms with Gasteiger partial charge in [0.05, 0.1) is 15.2 Å². The molecule has 0 aliphatic carbocycles. The number of rotatable bonds is 4. The molecule has 20 heavy (non-hydrogen) atoms. The number of nitriles is 1. The van der Waals surface area contributed by atoms with Crippen LogP contribution in [-0.4, -0.2) is 3.74 Å². The summed E-state index contributed by atoms with van der Waals surface area (Å²) < 4.78 is 0.180. The summed E-state index contributed by atoms with van der Waals surface area (Å²) in [5.41, 5.74) is 1.91. The van der Waals surface area contributed by atoms with Crippen molar-refractivity contribution in [3.05, 3.63) is 46.3 Å². The van der Waals surface area contributed by atoms with E-state index in [4.69, 9.17) is 6.57 Å². The number of benzene rings is 1. The predicted octanol–water partition coefficient (Wildman–Crippen LogP) is 5.30. The van der Waals surface area contributed by atoms with Crippen LogP contribution in [0.25, 0.3) is 4.85 Å². The number of hydrogen-bond acceptors (Lipinski definition) is 1. The Bertz CT molecular complexity index is 531. The maximum Gasteiger partial charge on any atom is 0.252 e. The van der Waals surface area contributed by atoms with E-state index in [0.29, 0.717) is 0 Å². The van der Waals surface area contributed by atoms with Gasteiger partial charge in [-0.3, -0.25) is 0 Å². The van der Waals surface area contributed by atoms with Gasteiger partial charge in [0.25, 0.3) is 5.54 Å². The standard InChI is InChI=1S/C16H18Br2N2/c1-15(2,10-19)12-6-11(8-14(17)18)7-13(9-12)16(3,4)20-5/h6-7,9,14H,8H2,1-4H3. The molecule has 0 saturated heterocycles. The summed E-state index contributed by atoms with van der Waals surface area (Å²) in [6, 6.07) is 8.44. The molecule has 0 N–H and O–H groups in total. The van der Waals surface area contributed by atoms with Crippen LogP contribution >= 0.6 is 31.9 Å². The summed E-state index contributed by atoms with van der Waals surface area (Å²) in [6.07, 6.45) is 0.802. The molecule has 0 bridgehead atoms. The van der Waals surface area contributed by atoms with E-state index >= 15 is 0 Å². The van der Waals surface area contributed by atoms with Crippen molar-refractivity contribution in [2.75, 3.05) is 0 Å². The SMILES string of the molecule is [C-]#[N+]C(C)(C)c1cc(CC(Br)Br)cc(C(C)(C)C#N)c1. The Balaban J connectivity index is 3.45. The van der Waals surface area contributed by atoms with E-state index in [1.165, 1.54) is 0 Å². The monoisotopic (exact) mass is 396 g/mol. The third-order valence-corrected chi connectivity index (χ3v) is 4.02. The van der Waals surface area contributed by atoms with Crippen molar-refractivity contribution in [2.24, 2.45) is 0 Å². The highest BCUT2D eigenvalue weighted by Gasteiger charge is 2.29. The zero-order chi connectivity index (χ0) is 15.6. The molecular formula is C16H18Br2N2. The van der Waals surface area contributed by atoms with E-state index in [0.717, 1.165) is 23.1 Å². The number of halogens is 2. The number of nitrogens with zero attached hydrogens (tertiary/aromatic N) is 2. The van der Waals surface area contributed by atoms with E-state index in [9.17, 15) is 5.26 Å². The number of alkyl halides is 2. The maximum absolute atomic E-state index is 9.34. The van der Waals surface area contributed by atoms with Crippen molar-refractivity contribution >= 4 is 31.9 Å². The van der Waals surface area contributed by atoms with Crippen LogP contribution in [0, 0.1) is 17.9 Å². The zero-order valence-electron chi connectivity index (χ0n) is 12.2. The van der Waals surface area contributed by atoms with Crippen LogP contribution in [-0.2, 0) is 17.4 Å². The Labute approximate surface area is 138 Å². The quantitative estimate of drug-likeness (QED) is 0.500. The van der Waals surface area contributed by atoms with Crippen LogP contribution in [0.3, 0.4) is 0 Å². The summed E-state index contributed by atoms with van der Waals surface area (Å²) in [5.74, 6) is 0. The van der Waals surface area contributed by atoms with Crippen LogP contribution < -0.4 is 0 Å². The van der Waals surface area contributed by atoms with Gasteiger partial charge in [0.1, 0.15) is 0 Å². The summed E-state index contributed by atoms with van der Waals surface area (Å²) in [4.78, 5) is 3.70. The molecule has 0 saturated carbocycles. The van der Waals surface area contributed by atoms with Gasteiger partial charge in [-0.15, -0.1) is 0 Å². The first-order chi connectivity index (χ1) is 9.12. The molecule has 2 nitrogen and oxygen atoms in total. The first-order valence-corrected chi connectivity index (χ1v) is 8.18. The molecule has 0 fully saturated rings. The zero-order valence-corrected chi connectivity index (χ0v) is 15.3. The minimum atomic E-state index is -0.579. The molecule has 1 aromatic carbocycles. The lowest BCUT2D eigenvalue weighted by atomic mass is 9.81. The van der Waals surface area contributed by atoms with Crippen LogP contribution in [0.5, 0.6) is 0 Å². The lowest BCUT2D eigenvalue weighted by Gasteiger charge is -2.21. The van der Waals surface area contributed by atoms with E-state index in [1.54, 1.807) is 0 Å². The fourth-order valence-electron chi connectivity index (χ4n) is 1.83. The third-order valence-electron chi connectivity index (χ3n) is 3.37. The van der Waals surface area contributed by atoms with Crippen molar-refractivity contribution in [2.45, 2.75) is 48.8 Å². The Hall–Kier alpha value is -0.840. The lowest BCUT2D eigenvalue weighted by Crippen LogP contribution is -2.18. The number of hydrogen-bond donors (Lipinski definition) is 0. The molecule has 0 radical (unpaired) electrons. The van der Waals surface area contributed by atoms with Gasteiger partial charge in [0, 0.05) is 19.4 Å². The molecule has 0 unspecified atom stereocenters. The second-order valence-electron chi connectivity index (χ2n) is 5.92.